The van der Waals surface area contributed by atoms with Gasteiger partial charge in [0.15, 0.2) is 0 Å². The molecule has 9 amide bonds. The van der Waals surface area contributed by atoms with Crippen LogP contribution in [-0.4, -0.2) is 255 Å². The Hall–Kier alpha value is -8.34. The van der Waals surface area contributed by atoms with Gasteiger partial charge in [-0.15, -0.1) is 19.7 Å². The van der Waals surface area contributed by atoms with Crippen molar-refractivity contribution in [1.82, 2.24) is 39.6 Å². The number of alkyl carbamates (subject to hydrolysis) is 1. The second-order valence-corrected chi connectivity index (χ2v) is 44.7. The van der Waals surface area contributed by atoms with E-state index in [-0.39, 0.29) is 119 Å². The number of nitrogens with one attached hydrogen (secondary N) is 1. The number of aliphatic carboxylic acids is 1. The van der Waals surface area contributed by atoms with E-state index in [1.807, 2.05) is 83.1 Å². The zero-order valence-corrected chi connectivity index (χ0v) is 77.0. The highest BCUT2D eigenvalue weighted by Crippen LogP contribution is 2.65. The molecular weight excluding hydrogens is 1600 g/mol. The standard InChI is InChI=1S/C25H38N2O5.C24H37N3O5.C24H36N2O6.C22H34N2O5/c1-6-8-27(23(30)32-24(3,4)5)20-7-9-26(15-20)22(29)31-21-18-10-17-11-19(21)14-25(12-17,13-18)16(2)28;1-5-7-27(22(30)32-23(2,3)4)18-6-8-26(14-18)21(29)31-19-16-9-15-10-17(19)13-24(11-15,12-16)20(25)28;1-5-7-26(22(30)32-23(2,3)4)18-6-8-25(14-18)21(29)31-19-16-9-15-10-17(19)13-24(11-15,12-16)20(27)28;1-13(25)22-9-14-7-15(10-22)18(16(8-14)11-22)28-20(27)24-6-5-17(12-24)23-19(26)29-21(2,3)4/h6,17-21H,1,7-15H2,2-5H3;5,15-19H,1,6-14H2,2-4H3,(H2,25,28);5,15-19H,1,6-14H2,2-4H3,(H,27,28);14-18H,5-12H2,1-4H3,(H,23,26)/t17?,18?,19?,20-,21?,25?;2*15?,16?,17?,18-,19?,24?;14?,15?,16?,17-,18?,22?/m1111/s1. The van der Waals surface area contributed by atoms with Gasteiger partial charge in [0.25, 0.3) is 0 Å². The SMILES string of the molecule is C=CCN(C(=O)OC(C)(C)C)[C@@H]1CCN(C(=O)OC2C3CC4CC2CC(C(=O)O)(C4)C3)C1.C=CCN(C(=O)OC(C)(C)C)[C@@H]1CCN(C(=O)OC2C3CC4CC2CC(C(C)=O)(C4)C3)C1.C=CCN(C(=O)OC(C)(C)C)[C@@H]1CCN(C(=O)OC2C3CC4CC2CC(C(N)=O)(C4)C3)C1.CC(=O)C12CC3CC(C1)C(OC(=O)N1CC[C@@H](NC(=O)OC(C)(C)C)C1)C(C3)C2. The summed E-state index contributed by atoms with van der Waals surface area (Å²) >= 11 is 0. The molecule has 8 unspecified atom stereocenters. The second kappa shape index (κ2) is 36.7. The fourth-order valence-electron chi connectivity index (χ4n) is 26.4. The fraction of sp³-hybridized carbons (Fsp3) is 0.811. The van der Waals surface area contributed by atoms with Crippen LogP contribution in [0.4, 0.5) is 38.4 Å². The lowest BCUT2D eigenvalue weighted by Gasteiger charge is -2.58. The van der Waals surface area contributed by atoms with Crippen molar-refractivity contribution in [1.29, 1.82) is 0 Å². The predicted octanol–water partition coefficient (Wildman–Crippen LogP) is 15.1. The summed E-state index contributed by atoms with van der Waals surface area (Å²) in [5.74, 6) is 3.86. The van der Waals surface area contributed by atoms with E-state index < -0.39 is 57.5 Å². The maximum atomic E-state index is 13.1. The first-order valence-electron chi connectivity index (χ1n) is 46.8. The molecule has 0 aromatic heterocycles. The molecule has 4 aliphatic heterocycles. The molecule has 12 atom stereocenters. The number of rotatable bonds is 18. The van der Waals surface area contributed by atoms with Gasteiger partial charge in [0.05, 0.1) is 35.0 Å². The van der Waals surface area contributed by atoms with E-state index >= 15 is 0 Å². The third kappa shape index (κ3) is 21.3. The molecule has 125 heavy (non-hydrogen) atoms. The number of ether oxygens (including phenoxy) is 8. The normalized spacial score (nSPS) is 36.1. The highest BCUT2D eigenvalue weighted by molar-refractivity contribution is 5.84. The molecular formula is C95H145N9O21. The average Bonchev–Trinajstić information content (AvgIpc) is 1.52. The molecule has 696 valence electrons. The fourth-order valence-corrected chi connectivity index (χ4v) is 26.4. The molecule has 16 aliphatic carbocycles. The molecule has 20 rings (SSSR count). The molecule has 20 fully saturated rings. The van der Waals surface area contributed by atoms with E-state index in [1.165, 1.54) is 0 Å². The van der Waals surface area contributed by atoms with Crippen molar-refractivity contribution in [2.24, 2.45) is 98.4 Å². The van der Waals surface area contributed by atoms with Crippen LogP contribution in [0.1, 0.15) is 251 Å². The molecule has 0 radical (unpaired) electrons. The van der Waals surface area contributed by atoms with Gasteiger partial charge >= 0.3 is 54.7 Å². The van der Waals surface area contributed by atoms with Crippen molar-refractivity contribution in [3.63, 3.8) is 0 Å². The van der Waals surface area contributed by atoms with Gasteiger partial charge in [-0.3, -0.25) is 33.9 Å². The average molecular weight is 1750 g/mol. The molecule has 0 spiro atoms. The first-order valence-corrected chi connectivity index (χ1v) is 46.8. The van der Waals surface area contributed by atoms with Gasteiger partial charge in [-0.2, -0.15) is 0 Å². The molecule has 16 saturated carbocycles. The van der Waals surface area contributed by atoms with Gasteiger partial charge in [0.2, 0.25) is 5.91 Å². The Balaban J connectivity index is 0.000000143. The number of hydrogen-bond donors (Lipinski definition) is 3. The summed E-state index contributed by atoms with van der Waals surface area (Å²) < 4.78 is 46.1. The first-order chi connectivity index (χ1) is 58.6. The number of nitrogens with two attached hydrogens (primary N) is 1. The van der Waals surface area contributed by atoms with Crippen LogP contribution in [-0.2, 0) is 57.1 Å². The van der Waals surface area contributed by atoms with Crippen LogP contribution >= 0.6 is 0 Å². The second-order valence-electron chi connectivity index (χ2n) is 44.7. The lowest BCUT2D eigenvalue weighted by atomic mass is 9.47. The number of carboxylic acids is 1. The van der Waals surface area contributed by atoms with Crippen LogP contribution in [0.5, 0.6) is 0 Å². The molecule has 4 saturated heterocycles. The Morgan fingerprint density at radius 1 is 0.376 bits per heavy atom. The lowest BCUT2D eigenvalue weighted by molar-refractivity contribution is -0.179. The van der Waals surface area contributed by atoms with E-state index in [0.717, 1.165) is 116 Å². The Morgan fingerprint density at radius 3 is 0.880 bits per heavy atom. The van der Waals surface area contributed by atoms with Crippen LogP contribution in [0.3, 0.4) is 0 Å². The van der Waals surface area contributed by atoms with Gasteiger partial charge in [0, 0.05) is 82.8 Å². The van der Waals surface area contributed by atoms with E-state index in [4.69, 9.17) is 43.6 Å². The summed E-state index contributed by atoms with van der Waals surface area (Å²) in [7, 11) is 0. The number of Topliss-reactive ketones (excluding diaryl/α,β-unsaturated/α-hetero) is 2. The highest BCUT2D eigenvalue weighted by Gasteiger charge is 2.64. The van der Waals surface area contributed by atoms with Crippen molar-refractivity contribution >= 4 is 72.2 Å². The van der Waals surface area contributed by atoms with Crippen LogP contribution in [0, 0.1) is 92.7 Å². The quantitative estimate of drug-likeness (QED) is 0.0847. The largest absolute Gasteiger partial charge is 0.481 e. The molecule has 4 N–H and O–H groups in total. The third-order valence-electron chi connectivity index (χ3n) is 30.8. The molecule has 0 aromatic rings. The van der Waals surface area contributed by atoms with Crippen LogP contribution in [0.2, 0.25) is 0 Å². The Morgan fingerprint density at radius 2 is 0.624 bits per heavy atom. The number of carboxylic acid groups (broad SMARTS) is 1. The maximum absolute atomic E-state index is 13.1. The topological polar surface area (TPSA) is 360 Å². The zero-order chi connectivity index (χ0) is 90.8. The number of carbonyl (C=O) groups is 12. The van der Waals surface area contributed by atoms with Crippen LogP contribution in [0.15, 0.2) is 38.0 Å². The van der Waals surface area contributed by atoms with E-state index in [1.54, 1.807) is 66.4 Å². The lowest BCUT2D eigenvalue weighted by Crippen LogP contribution is -2.59. The van der Waals surface area contributed by atoms with Crippen molar-refractivity contribution in [3.8, 4) is 0 Å². The molecule has 20 aliphatic rings. The smallest absolute Gasteiger partial charge is 0.410 e. The summed E-state index contributed by atoms with van der Waals surface area (Å²) in [6.45, 7) is 41.7. The van der Waals surface area contributed by atoms with Crippen LogP contribution < -0.4 is 11.1 Å². The Bertz CT molecular complexity index is 3710. The molecule has 4 heterocycles. The summed E-state index contributed by atoms with van der Waals surface area (Å²) in [5, 5.41) is 12.6. The molecule has 30 heteroatoms. The minimum Gasteiger partial charge on any atom is -0.481 e. The number of ketones is 2. The number of carbonyl (C=O) groups excluding carboxylic acids is 11. The maximum Gasteiger partial charge on any atom is 0.410 e. The first kappa shape index (κ1) is 94.3. The highest BCUT2D eigenvalue weighted by atomic mass is 16.6. The number of hydrogen-bond acceptors (Lipinski definition) is 20. The summed E-state index contributed by atoms with van der Waals surface area (Å²) in [6, 6.07) is -0.511. The summed E-state index contributed by atoms with van der Waals surface area (Å²) in [4.78, 5) is 162. The number of nitrogens with zero attached hydrogens (tertiary/aromatic N) is 7. The molecule has 16 bridgehead atoms. The molecule has 30 nitrogen and oxygen atoms in total. The van der Waals surface area contributed by atoms with E-state index in [9.17, 15) is 62.6 Å². The van der Waals surface area contributed by atoms with Crippen molar-refractivity contribution in [3.05, 3.63) is 38.0 Å². The summed E-state index contributed by atoms with van der Waals surface area (Å²) in [5.41, 5.74) is 2.12. The summed E-state index contributed by atoms with van der Waals surface area (Å²) in [6.07, 6.45) is 22.5. The number of primary amides is 1. The monoisotopic (exact) mass is 1750 g/mol. The van der Waals surface area contributed by atoms with Gasteiger partial charge in [-0.1, -0.05) is 18.2 Å². The zero-order valence-electron chi connectivity index (χ0n) is 77.0. The van der Waals surface area contributed by atoms with Gasteiger partial charge < -0.3 is 73.7 Å². The number of amides is 9. The van der Waals surface area contributed by atoms with Gasteiger partial charge in [0.1, 0.15) is 58.4 Å². The minimum absolute atomic E-state index is 0.0654. The number of likely N-dealkylation sites (tertiary alicyclic amines) is 4. The van der Waals surface area contributed by atoms with E-state index in [0.29, 0.717) is 169 Å². The van der Waals surface area contributed by atoms with Crippen molar-refractivity contribution < 1.29 is 101 Å². The molecule has 0 aromatic carbocycles. The van der Waals surface area contributed by atoms with E-state index in [2.05, 4.69) is 25.1 Å². The Labute approximate surface area is 739 Å². The van der Waals surface area contributed by atoms with Crippen molar-refractivity contribution in [2.45, 2.75) is 322 Å². The Kier molecular flexibility index (Phi) is 27.6. The minimum atomic E-state index is -0.687. The predicted molar refractivity (Wildman–Crippen MR) is 462 cm³/mol. The van der Waals surface area contributed by atoms with Crippen molar-refractivity contribution in [2.75, 3.05) is 72.0 Å². The van der Waals surface area contributed by atoms with Crippen LogP contribution in [0.25, 0.3) is 0 Å². The third-order valence-corrected chi connectivity index (χ3v) is 30.8. The van der Waals surface area contributed by atoms with Gasteiger partial charge in [-0.25, -0.2) is 38.4 Å². The van der Waals surface area contributed by atoms with Gasteiger partial charge in [-0.05, 0) is 322 Å².